The van der Waals surface area contributed by atoms with Crippen molar-refractivity contribution in [3.8, 4) is 0 Å². The molecule has 1 aliphatic rings. The summed E-state index contributed by atoms with van der Waals surface area (Å²) >= 11 is 1.87. The molecule has 3 atom stereocenters. The molecule has 2 nitrogen and oxygen atoms in total. The quantitative estimate of drug-likeness (QED) is 0.845. The molecule has 3 unspecified atom stereocenters. The van der Waals surface area contributed by atoms with E-state index in [-0.39, 0.29) is 6.10 Å². The van der Waals surface area contributed by atoms with E-state index >= 15 is 0 Å². The molecule has 1 aromatic rings. The zero-order valence-electron chi connectivity index (χ0n) is 10.8. The van der Waals surface area contributed by atoms with Gasteiger partial charge in [0.2, 0.25) is 0 Å². The fourth-order valence-corrected chi connectivity index (χ4v) is 3.42. The number of nitrogens with one attached hydrogen (secondary N) is 1. The van der Waals surface area contributed by atoms with Crippen LogP contribution in [0.1, 0.15) is 49.6 Å². The van der Waals surface area contributed by atoms with Gasteiger partial charge in [0.15, 0.2) is 0 Å². The van der Waals surface area contributed by atoms with E-state index in [4.69, 9.17) is 0 Å². The summed E-state index contributed by atoms with van der Waals surface area (Å²) in [4.78, 5) is 1.53. The van der Waals surface area contributed by atoms with Crippen LogP contribution in [0.15, 0.2) is 11.4 Å². The number of aryl methyl sites for hydroxylation is 1. The average molecular weight is 253 g/mol. The number of hydrogen-bond acceptors (Lipinski definition) is 3. The molecular weight excluding hydrogens is 230 g/mol. The summed E-state index contributed by atoms with van der Waals surface area (Å²) in [5.41, 5.74) is 1.47. The molecule has 1 heterocycles. The van der Waals surface area contributed by atoms with Gasteiger partial charge in [0, 0.05) is 17.5 Å². The van der Waals surface area contributed by atoms with Crippen molar-refractivity contribution in [2.24, 2.45) is 5.92 Å². The smallest absolute Gasteiger partial charge is 0.0690 e. The molecule has 0 aliphatic heterocycles. The van der Waals surface area contributed by atoms with Gasteiger partial charge in [-0.05, 0) is 42.2 Å². The van der Waals surface area contributed by atoms with Crippen LogP contribution in [0.3, 0.4) is 0 Å². The molecule has 2 rings (SSSR count). The van der Waals surface area contributed by atoms with Crippen LogP contribution in [0.2, 0.25) is 0 Å². The molecule has 2 N–H and O–H groups in total. The summed E-state index contributed by atoms with van der Waals surface area (Å²) in [7, 11) is 0. The Kier molecular flexibility index (Phi) is 4.60. The van der Waals surface area contributed by atoms with E-state index in [1.165, 1.54) is 29.7 Å². The summed E-state index contributed by atoms with van der Waals surface area (Å²) in [5.74, 6) is 0.382. The van der Waals surface area contributed by atoms with Crippen molar-refractivity contribution < 1.29 is 5.11 Å². The molecular formula is C14H23NOS. The van der Waals surface area contributed by atoms with Crippen LogP contribution in [0.25, 0.3) is 0 Å². The fourth-order valence-electron chi connectivity index (χ4n) is 2.43. The van der Waals surface area contributed by atoms with Crippen LogP contribution in [0.4, 0.5) is 0 Å². The van der Waals surface area contributed by atoms with E-state index in [0.29, 0.717) is 12.0 Å². The lowest BCUT2D eigenvalue weighted by atomic mass is 9.93. The Labute approximate surface area is 108 Å². The first-order chi connectivity index (χ1) is 8.22. The van der Waals surface area contributed by atoms with Crippen LogP contribution in [-0.2, 0) is 6.42 Å². The van der Waals surface area contributed by atoms with Crippen molar-refractivity contribution in [1.82, 2.24) is 5.32 Å². The van der Waals surface area contributed by atoms with E-state index in [1.807, 2.05) is 11.3 Å². The molecule has 3 heteroatoms. The zero-order chi connectivity index (χ0) is 12.3. The third-order valence-corrected chi connectivity index (χ3v) is 4.92. The maximum absolute atomic E-state index is 9.99. The van der Waals surface area contributed by atoms with Gasteiger partial charge in [-0.1, -0.05) is 20.3 Å². The lowest BCUT2D eigenvalue weighted by molar-refractivity contribution is 0.109. The fraction of sp³-hybridized carbons (Fsp3) is 0.714. The first kappa shape index (κ1) is 13.1. The molecule has 0 fully saturated rings. The van der Waals surface area contributed by atoms with Gasteiger partial charge < -0.3 is 10.4 Å². The number of hydrogen-bond donors (Lipinski definition) is 2. The molecule has 17 heavy (non-hydrogen) atoms. The molecule has 0 spiro atoms. The molecule has 96 valence electrons. The second-order valence-electron chi connectivity index (χ2n) is 5.11. The van der Waals surface area contributed by atoms with Gasteiger partial charge >= 0.3 is 0 Å². The topological polar surface area (TPSA) is 32.3 Å². The van der Waals surface area contributed by atoms with Crippen LogP contribution in [0.5, 0.6) is 0 Å². The molecule has 0 amide bonds. The van der Waals surface area contributed by atoms with E-state index in [2.05, 4.69) is 30.6 Å². The third-order valence-electron chi connectivity index (χ3n) is 3.93. The highest BCUT2D eigenvalue weighted by Gasteiger charge is 2.22. The molecule has 0 aromatic carbocycles. The summed E-state index contributed by atoms with van der Waals surface area (Å²) < 4.78 is 0. The minimum atomic E-state index is -0.219. The van der Waals surface area contributed by atoms with Gasteiger partial charge in [-0.25, -0.2) is 0 Å². The van der Waals surface area contributed by atoms with Gasteiger partial charge in [-0.2, -0.15) is 0 Å². The normalized spacial score (nSPS) is 23.1. The average Bonchev–Trinajstić information content (AvgIpc) is 2.83. The van der Waals surface area contributed by atoms with E-state index < -0.39 is 0 Å². The second-order valence-corrected chi connectivity index (χ2v) is 6.11. The van der Waals surface area contributed by atoms with E-state index in [0.717, 1.165) is 13.0 Å². The highest BCUT2D eigenvalue weighted by molar-refractivity contribution is 7.10. The lowest BCUT2D eigenvalue weighted by Gasteiger charge is -2.26. The summed E-state index contributed by atoms with van der Waals surface area (Å²) in [6, 6.07) is 2.70. The first-order valence-corrected chi connectivity index (χ1v) is 7.58. The van der Waals surface area contributed by atoms with E-state index in [1.54, 1.807) is 0 Å². The van der Waals surface area contributed by atoms with Crippen molar-refractivity contribution in [3.05, 3.63) is 21.9 Å². The van der Waals surface area contributed by atoms with Crippen molar-refractivity contribution in [1.29, 1.82) is 0 Å². The lowest BCUT2D eigenvalue weighted by Crippen LogP contribution is -2.35. The van der Waals surface area contributed by atoms with Crippen LogP contribution >= 0.6 is 11.3 Å². The zero-order valence-corrected chi connectivity index (χ0v) is 11.6. The number of rotatable bonds is 5. The monoisotopic (exact) mass is 253 g/mol. The maximum atomic E-state index is 9.99. The van der Waals surface area contributed by atoms with Crippen molar-refractivity contribution >= 4 is 11.3 Å². The number of thiophene rings is 1. The van der Waals surface area contributed by atoms with E-state index in [9.17, 15) is 5.11 Å². The number of fused-ring (bicyclic) bond motifs is 1. The maximum Gasteiger partial charge on any atom is 0.0690 e. The highest BCUT2D eigenvalue weighted by atomic mass is 32.1. The Bertz CT molecular complexity index is 350. The minimum absolute atomic E-state index is 0.219. The van der Waals surface area contributed by atoms with Crippen LogP contribution in [-0.4, -0.2) is 17.8 Å². The van der Waals surface area contributed by atoms with Gasteiger partial charge in [0.05, 0.1) is 6.10 Å². The Morgan fingerprint density at radius 2 is 2.41 bits per heavy atom. The first-order valence-electron chi connectivity index (χ1n) is 6.70. The summed E-state index contributed by atoms with van der Waals surface area (Å²) in [5, 5.41) is 15.7. The van der Waals surface area contributed by atoms with Crippen molar-refractivity contribution in [3.63, 3.8) is 0 Å². The van der Waals surface area contributed by atoms with Crippen molar-refractivity contribution in [2.45, 2.75) is 51.7 Å². The standard InChI is InChI=1S/C14H23NOS/c1-3-10(2)13(16)9-15-12-5-4-6-14-11(12)7-8-17-14/h7-8,10,12-13,15-16H,3-6,9H2,1-2H3. The SMILES string of the molecule is CCC(C)C(O)CNC1CCCc2sccc21. The predicted octanol–water partition coefficient (Wildman–Crippen LogP) is 3.12. The minimum Gasteiger partial charge on any atom is -0.392 e. The molecule has 1 aliphatic carbocycles. The number of aliphatic hydroxyl groups is 1. The third kappa shape index (κ3) is 3.09. The largest absolute Gasteiger partial charge is 0.392 e. The summed E-state index contributed by atoms with van der Waals surface area (Å²) in [6.45, 7) is 4.96. The highest BCUT2D eigenvalue weighted by Crippen LogP contribution is 2.33. The molecule has 0 saturated carbocycles. The molecule has 0 saturated heterocycles. The van der Waals surface area contributed by atoms with Crippen molar-refractivity contribution in [2.75, 3.05) is 6.54 Å². The van der Waals surface area contributed by atoms with Crippen LogP contribution in [0, 0.1) is 5.92 Å². The Hall–Kier alpha value is -0.380. The molecule has 1 aromatic heterocycles. The van der Waals surface area contributed by atoms with Gasteiger partial charge in [-0.3, -0.25) is 0 Å². The van der Waals surface area contributed by atoms with Crippen LogP contribution < -0.4 is 5.32 Å². The second kappa shape index (κ2) is 5.98. The van der Waals surface area contributed by atoms with Gasteiger partial charge in [-0.15, -0.1) is 11.3 Å². The van der Waals surface area contributed by atoms with Gasteiger partial charge in [0.25, 0.3) is 0 Å². The molecule has 0 radical (unpaired) electrons. The Balaban J connectivity index is 1.89. The summed E-state index contributed by atoms with van der Waals surface area (Å²) in [6.07, 6.45) is 4.53. The Morgan fingerprint density at radius 3 is 3.18 bits per heavy atom. The Morgan fingerprint density at radius 1 is 1.59 bits per heavy atom. The predicted molar refractivity (Wildman–Crippen MR) is 73.5 cm³/mol. The number of aliphatic hydroxyl groups excluding tert-OH is 1. The molecule has 0 bridgehead atoms. The van der Waals surface area contributed by atoms with Gasteiger partial charge in [0.1, 0.15) is 0 Å².